The maximum atomic E-state index is 9.23. The third-order valence-electron chi connectivity index (χ3n) is 2.81. The van der Waals surface area contributed by atoms with E-state index in [1.165, 1.54) is 0 Å². The fourth-order valence-electron chi connectivity index (χ4n) is 1.85. The number of hydrogen-bond donors (Lipinski definition) is 1. The Labute approximate surface area is 118 Å². The lowest BCUT2D eigenvalue weighted by Crippen LogP contribution is -2.10. The SMILES string of the molecule is COCCOCCOc1cc(CO)nc2ccccc12. The topological polar surface area (TPSA) is 60.8 Å². The van der Waals surface area contributed by atoms with E-state index in [0.29, 0.717) is 32.1 Å². The van der Waals surface area contributed by atoms with E-state index in [1.807, 2.05) is 24.3 Å². The van der Waals surface area contributed by atoms with Crippen LogP contribution in [0.15, 0.2) is 30.3 Å². The summed E-state index contributed by atoms with van der Waals surface area (Å²) in [7, 11) is 1.64. The molecule has 0 unspecified atom stereocenters. The Bertz CT molecular complexity index is 544. The van der Waals surface area contributed by atoms with Crippen molar-refractivity contribution in [3.63, 3.8) is 0 Å². The maximum absolute atomic E-state index is 9.23. The first-order valence-electron chi connectivity index (χ1n) is 6.54. The zero-order chi connectivity index (χ0) is 14.2. The van der Waals surface area contributed by atoms with Gasteiger partial charge in [0.25, 0.3) is 0 Å². The van der Waals surface area contributed by atoms with E-state index in [-0.39, 0.29) is 6.61 Å². The molecular weight excluding hydrogens is 258 g/mol. The molecule has 0 saturated heterocycles. The maximum Gasteiger partial charge on any atom is 0.130 e. The lowest BCUT2D eigenvalue weighted by Gasteiger charge is -2.11. The van der Waals surface area contributed by atoms with Gasteiger partial charge in [0, 0.05) is 18.6 Å². The molecule has 20 heavy (non-hydrogen) atoms. The van der Waals surface area contributed by atoms with E-state index in [0.717, 1.165) is 16.7 Å². The standard InChI is InChI=1S/C15H19NO4/c1-18-6-7-19-8-9-20-15-10-12(11-17)16-14-5-3-2-4-13(14)15/h2-5,10,17H,6-9,11H2,1H3. The number of nitrogens with zero attached hydrogens (tertiary/aromatic N) is 1. The molecular formula is C15H19NO4. The van der Waals surface area contributed by atoms with E-state index in [2.05, 4.69) is 4.98 Å². The van der Waals surface area contributed by atoms with Crippen molar-refractivity contribution >= 4 is 10.9 Å². The Morgan fingerprint density at radius 3 is 2.70 bits per heavy atom. The van der Waals surface area contributed by atoms with Crippen molar-refractivity contribution < 1.29 is 19.3 Å². The van der Waals surface area contributed by atoms with Crippen molar-refractivity contribution in [1.29, 1.82) is 0 Å². The Kier molecular flexibility index (Phi) is 5.73. The molecule has 2 aromatic rings. The number of rotatable bonds is 8. The van der Waals surface area contributed by atoms with Crippen LogP contribution in [-0.4, -0.2) is 43.6 Å². The van der Waals surface area contributed by atoms with Gasteiger partial charge in [-0.2, -0.15) is 0 Å². The molecule has 0 fully saturated rings. The van der Waals surface area contributed by atoms with Crippen LogP contribution in [0.2, 0.25) is 0 Å². The minimum atomic E-state index is -0.106. The van der Waals surface area contributed by atoms with Crippen LogP contribution in [0.3, 0.4) is 0 Å². The number of ether oxygens (including phenoxy) is 3. The van der Waals surface area contributed by atoms with Crippen molar-refractivity contribution in [2.24, 2.45) is 0 Å². The molecule has 0 atom stereocenters. The number of fused-ring (bicyclic) bond motifs is 1. The molecule has 0 aliphatic heterocycles. The predicted octanol–water partition coefficient (Wildman–Crippen LogP) is 1.77. The Morgan fingerprint density at radius 2 is 1.90 bits per heavy atom. The van der Waals surface area contributed by atoms with Crippen LogP contribution in [0.5, 0.6) is 5.75 Å². The van der Waals surface area contributed by atoms with Crippen molar-refractivity contribution in [3.05, 3.63) is 36.0 Å². The van der Waals surface area contributed by atoms with Gasteiger partial charge in [0.2, 0.25) is 0 Å². The number of hydrogen-bond acceptors (Lipinski definition) is 5. The van der Waals surface area contributed by atoms with Crippen LogP contribution >= 0.6 is 0 Å². The smallest absolute Gasteiger partial charge is 0.130 e. The summed E-state index contributed by atoms with van der Waals surface area (Å²) in [5.74, 6) is 0.718. The number of aromatic nitrogens is 1. The molecule has 1 aromatic carbocycles. The summed E-state index contributed by atoms with van der Waals surface area (Å²) in [6.07, 6.45) is 0. The summed E-state index contributed by atoms with van der Waals surface area (Å²) in [4.78, 5) is 4.35. The molecule has 0 bridgehead atoms. The van der Waals surface area contributed by atoms with E-state index >= 15 is 0 Å². The molecule has 0 aliphatic rings. The Balaban J connectivity index is 2.01. The van der Waals surface area contributed by atoms with E-state index in [1.54, 1.807) is 13.2 Å². The number of benzene rings is 1. The molecule has 0 saturated carbocycles. The number of methoxy groups -OCH3 is 1. The van der Waals surface area contributed by atoms with E-state index in [9.17, 15) is 5.11 Å². The van der Waals surface area contributed by atoms with Gasteiger partial charge in [-0.25, -0.2) is 0 Å². The van der Waals surface area contributed by atoms with Crippen LogP contribution in [0.25, 0.3) is 10.9 Å². The summed E-state index contributed by atoms with van der Waals surface area (Å²) in [5.41, 5.74) is 1.41. The lowest BCUT2D eigenvalue weighted by molar-refractivity contribution is 0.0546. The van der Waals surface area contributed by atoms with Crippen LogP contribution in [0, 0.1) is 0 Å². The number of aliphatic hydroxyl groups is 1. The van der Waals surface area contributed by atoms with Gasteiger partial charge in [-0.15, -0.1) is 0 Å². The quantitative estimate of drug-likeness (QED) is 0.745. The zero-order valence-electron chi connectivity index (χ0n) is 11.5. The van der Waals surface area contributed by atoms with Gasteiger partial charge in [-0.3, -0.25) is 4.98 Å². The molecule has 0 radical (unpaired) electrons. The summed E-state index contributed by atoms with van der Waals surface area (Å²) < 4.78 is 16.0. The Hall–Kier alpha value is -1.69. The fourth-order valence-corrected chi connectivity index (χ4v) is 1.85. The highest BCUT2D eigenvalue weighted by Gasteiger charge is 2.06. The number of aliphatic hydroxyl groups excluding tert-OH is 1. The monoisotopic (exact) mass is 277 g/mol. The van der Waals surface area contributed by atoms with Gasteiger partial charge in [-0.1, -0.05) is 12.1 Å². The van der Waals surface area contributed by atoms with E-state index in [4.69, 9.17) is 14.2 Å². The third-order valence-corrected chi connectivity index (χ3v) is 2.81. The summed E-state index contributed by atoms with van der Waals surface area (Å²) in [6, 6.07) is 9.46. The molecule has 5 heteroatoms. The highest BCUT2D eigenvalue weighted by Crippen LogP contribution is 2.25. The predicted molar refractivity (Wildman–Crippen MR) is 75.9 cm³/mol. The van der Waals surface area contributed by atoms with Crippen LogP contribution < -0.4 is 4.74 Å². The zero-order valence-corrected chi connectivity index (χ0v) is 11.5. The van der Waals surface area contributed by atoms with Gasteiger partial charge in [0.05, 0.1) is 37.6 Å². The van der Waals surface area contributed by atoms with Gasteiger partial charge in [0.1, 0.15) is 12.4 Å². The van der Waals surface area contributed by atoms with E-state index < -0.39 is 0 Å². The first-order valence-corrected chi connectivity index (χ1v) is 6.54. The molecule has 2 rings (SSSR count). The highest BCUT2D eigenvalue weighted by atomic mass is 16.5. The first kappa shape index (κ1) is 14.7. The molecule has 1 aromatic heterocycles. The van der Waals surface area contributed by atoms with Crippen molar-refractivity contribution in [2.75, 3.05) is 33.5 Å². The Morgan fingerprint density at radius 1 is 1.10 bits per heavy atom. The minimum absolute atomic E-state index is 0.106. The fraction of sp³-hybridized carbons (Fsp3) is 0.400. The molecule has 0 spiro atoms. The van der Waals surface area contributed by atoms with Crippen molar-refractivity contribution in [3.8, 4) is 5.75 Å². The second-order valence-corrected chi connectivity index (χ2v) is 4.24. The number of para-hydroxylation sites is 1. The first-order chi connectivity index (χ1) is 9.85. The molecule has 0 amide bonds. The molecule has 108 valence electrons. The van der Waals surface area contributed by atoms with Gasteiger partial charge >= 0.3 is 0 Å². The second kappa shape index (κ2) is 7.79. The number of pyridine rings is 1. The lowest BCUT2D eigenvalue weighted by atomic mass is 10.2. The highest BCUT2D eigenvalue weighted by molar-refractivity contribution is 5.85. The molecule has 5 nitrogen and oxygen atoms in total. The summed E-state index contributed by atoms with van der Waals surface area (Å²) in [5, 5.41) is 10.2. The average molecular weight is 277 g/mol. The summed E-state index contributed by atoms with van der Waals surface area (Å²) >= 11 is 0. The van der Waals surface area contributed by atoms with Gasteiger partial charge in [0.15, 0.2) is 0 Å². The van der Waals surface area contributed by atoms with Gasteiger partial charge < -0.3 is 19.3 Å². The third kappa shape index (κ3) is 3.90. The molecule has 0 aliphatic carbocycles. The van der Waals surface area contributed by atoms with Crippen LogP contribution in [-0.2, 0) is 16.1 Å². The summed E-state index contributed by atoms with van der Waals surface area (Å²) in [6.45, 7) is 1.97. The normalized spacial score (nSPS) is 10.9. The van der Waals surface area contributed by atoms with Crippen molar-refractivity contribution in [2.45, 2.75) is 6.61 Å². The largest absolute Gasteiger partial charge is 0.490 e. The second-order valence-electron chi connectivity index (χ2n) is 4.24. The molecule has 1 N–H and O–H groups in total. The average Bonchev–Trinajstić information content (AvgIpc) is 2.50. The van der Waals surface area contributed by atoms with Crippen LogP contribution in [0.1, 0.15) is 5.69 Å². The van der Waals surface area contributed by atoms with Gasteiger partial charge in [-0.05, 0) is 12.1 Å². The van der Waals surface area contributed by atoms with Crippen molar-refractivity contribution in [1.82, 2.24) is 4.98 Å². The minimum Gasteiger partial charge on any atom is -0.490 e. The molecule has 1 heterocycles. The van der Waals surface area contributed by atoms with Crippen LogP contribution in [0.4, 0.5) is 0 Å².